The maximum Gasteiger partial charge on any atom is 0.0675 e. The molecule has 0 aromatic carbocycles. The maximum absolute atomic E-state index is 4.91. The van der Waals surface area contributed by atoms with E-state index in [0.717, 1.165) is 5.69 Å². The van der Waals surface area contributed by atoms with Crippen molar-refractivity contribution in [2.45, 2.75) is 71.1 Å². The first-order valence-corrected chi connectivity index (χ1v) is 6.57. The second-order valence-corrected chi connectivity index (χ2v) is 7.26. The number of nitrogens with zero attached hydrogens (tertiary/aromatic N) is 2. The molecule has 0 aliphatic heterocycles. The van der Waals surface area contributed by atoms with Crippen LogP contribution < -0.4 is 0 Å². The van der Waals surface area contributed by atoms with E-state index in [1.807, 2.05) is 6.20 Å². The van der Waals surface area contributed by atoms with Crippen LogP contribution in [0.1, 0.15) is 77.4 Å². The van der Waals surface area contributed by atoms with E-state index in [1.165, 1.54) is 24.2 Å². The summed E-state index contributed by atoms with van der Waals surface area (Å²) in [7, 11) is 0. The second-order valence-electron chi connectivity index (χ2n) is 7.26. The van der Waals surface area contributed by atoms with Crippen LogP contribution in [0.3, 0.4) is 0 Å². The quantitative estimate of drug-likeness (QED) is 0.732. The maximum atomic E-state index is 4.91. The Balaban J connectivity index is 2.49. The van der Waals surface area contributed by atoms with Crippen molar-refractivity contribution in [3.8, 4) is 0 Å². The first-order valence-electron chi connectivity index (χ1n) is 6.57. The highest BCUT2D eigenvalue weighted by Gasteiger charge is 2.33. The normalized spacial score (nSPS) is 17.3. The van der Waals surface area contributed by atoms with Gasteiger partial charge in [0, 0.05) is 22.9 Å². The Morgan fingerprint density at radius 3 is 2.00 bits per heavy atom. The Hall–Kier alpha value is -0.920. The van der Waals surface area contributed by atoms with Crippen molar-refractivity contribution in [1.29, 1.82) is 0 Å². The first-order chi connectivity index (χ1) is 7.69. The Kier molecular flexibility index (Phi) is 2.80. The molecule has 1 aromatic rings. The van der Waals surface area contributed by atoms with Crippen molar-refractivity contribution < 1.29 is 0 Å². The van der Waals surface area contributed by atoms with E-state index in [-0.39, 0.29) is 10.8 Å². The van der Waals surface area contributed by atoms with Gasteiger partial charge in [-0.3, -0.25) is 9.97 Å². The van der Waals surface area contributed by atoms with Crippen molar-refractivity contribution in [2.24, 2.45) is 0 Å². The molecule has 0 unspecified atom stereocenters. The lowest BCUT2D eigenvalue weighted by molar-refractivity contribution is 0.528. The highest BCUT2D eigenvalue weighted by Crippen LogP contribution is 2.43. The predicted octanol–water partition coefficient (Wildman–Crippen LogP) is 3.95. The van der Waals surface area contributed by atoms with Crippen LogP contribution in [-0.2, 0) is 10.8 Å². The summed E-state index contributed by atoms with van der Waals surface area (Å²) in [6, 6.07) is 0. The standard InChI is InChI=1S/C15H24N2/c1-14(2,3)11-9-16-13(15(4,5)6)12(17-11)10-7-8-10/h9-10H,7-8H2,1-6H3. The predicted molar refractivity (Wildman–Crippen MR) is 71.4 cm³/mol. The second kappa shape index (κ2) is 3.79. The van der Waals surface area contributed by atoms with Gasteiger partial charge in [0.25, 0.3) is 0 Å². The number of hydrogen-bond donors (Lipinski definition) is 0. The zero-order valence-electron chi connectivity index (χ0n) is 12.0. The van der Waals surface area contributed by atoms with Crippen LogP contribution in [0.15, 0.2) is 6.20 Å². The third-order valence-electron chi connectivity index (χ3n) is 3.24. The largest absolute Gasteiger partial charge is 0.257 e. The van der Waals surface area contributed by atoms with Gasteiger partial charge in [-0.05, 0) is 12.8 Å². The molecule has 2 rings (SSSR count). The van der Waals surface area contributed by atoms with Gasteiger partial charge < -0.3 is 0 Å². The molecule has 1 aliphatic carbocycles. The lowest BCUT2D eigenvalue weighted by atomic mass is 9.87. The zero-order valence-corrected chi connectivity index (χ0v) is 12.0. The summed E-state index contributed by atoms with van der Waals surface area (Å²) < 4.78 is 0. The molecule has 0 atom stereocenters. The van der Waals surface area contributed by atoms with Gasteiger partial charge in [-0.25, -0.2) is 0 Å². The molecule has 1 fully saturated rings. The van der Waals surface area contributed by atoms with Crippen LogP contribution >= 0.6 is 0 Å². The molecule has 1 aliphatic rings. The third-order valence-corrected chi connectivity index (χ3v) is 3.24. The molecule has 0 radical (unpaired) electrons. The van der Waals surface area contributed by atoms with E-state index in [1.54, 1.807) is 0 Å². The van der Waals surface area contributed by atoms with Gasteiger partial charge in [0.05, 0.1) is 17.1 Å². The molecule has 0 spiro atoms. The van der Waals surface area contributed by atoms with E-state index >= 15 is 0 Å². The molecule has 1 aromatic heterocycles. The fraction of sp³-hybridized carbons (Fsp3) is 0.733. The molecule has 1 heterocycles. The van der Waals surface area contributed by atoms with Gasteiger partial charge in [0.15, 0.2) is 0 Å². The van der Waals surface area contributed by atoms with E-state index < -0.39 is 0 Å². The number of aromatic nitrogens is 2. The minimum Gasteiger partial charge on any atom is -0.257 e. The van der Waals surface area contributed by atoms with Crippen molar-refractivity contribution in [2.75, 3.05) is 0 Å². The average Bonchev–Trinajstić information content (AvgIpc) is 2.97. The third kappa shape index (κ3) is 2.67. The summed E-state index contributed by atoms with van der Waals surface area (Å²) in [4.78, 5) is 9.63. The van der Waals surface area contributed by atoms with E-state index in [2.05, 4.69) is 41.5 Å². The van der Waals surface area contributed by atoms with Crippen LogP contribution in [0.5, 0.6) is 0 Å². The number of hydrogen-bond acceptors (Lipinski definition) is 2. The van der Waals surface area contributed by atoms with Crippen molar-refractivity contribution in [3.63, 3.8) is 0 Å². The summed E-state index contributed by atoms with van der Waals surface area (Å²) in [5.74, 6) is 0.666. The highest BCUT2D eigenvalue weighted by molar-refractivity contribution is 5.29. The minimum atomic E-state index is 0.0903. The van der Waals surface area contributed by atoms with Gasteiger partial charge in [-0.2, -0.15) is 0 Å². The average molecular weight is 232 g/mol. The first kappa shape index (κ1) is 12.5. The van der Waals surface area contributed by atoms with Gasteiger partial charge in [0.1, 0.15) is 0 Å². The molecule has 94 valence electrons. The van der Waals surface area contributed by atoms with Crippen LogP contribution in [-0.4, -0.2) is 9.97 Å². The van der Waals surface area contributed by atoms with Crippen LogP contribution in [0.25, 0.3) is 0 Å². The Morgan fingerprint density at radius 2 is 1.59 bits per heavy atom. The smallest absolute Gasteiger partial charge is 0.0675 e. The molecule has 2 nitrogen and oxygen atoms in total. The Labute approximate surface area is 105 Å². The molecule has 1 saturated carbocycles. The molecule has 0 amide bonds. The van der Waals surface area contributed by atoms with Gasteiger partial charge in [-0.15, -0.1) is 0 Å². The van der Waals surface area contributed by atoms with Crippen LogP contribution in [0.4, 0.5) is 0 Å². The van der Waals surface area contributed by atoms with Gasteiger partial charge >= 0.3 is 0 Å². The lowest BCUT2D eigenvalue weighted by Gasteiger charge is -2.24. The minimum absolute atomic E-state index is 0.0903. The molecular formula is C15H24N2. The molecule has 0 N–H and O–H groups in total. The van der Waals surface area contributed by atoms with Crippen molar-refractivity contribution in [1.82, 2.24) is 9.97 Å². The molecular weight excluding hydrogens is 208 g/mol. The van der Waals surface area contributed by atoms with Crippen molar-refractivity contribution >= 4 is 0 Å². The summed E-state index contributed by atoms with van der Waals surface area (Å²) in [6.07, 6.45) is 4.53. The fourth-order valence-corrected chi connectivity index (χ4v) is 1.98. The van der Waals surface area contributed by atoms with E-state index in [4.69, 9.17) is 9.97 Å². The summed E-state index contributed by atoms with van der Waals surface area (Å²) in [6.45, 7) is 13.3. The van der Waals surface area contributed by atoms with Gasteiger partial charge in [-0.1, -0.05) is 41.5 Å². The van der Waals surface area contributed by atoms with Crippen LogP contribution in [0.2, 0.25) is 0 Å². The summed E-state index contributed by atoms with van der Waals surface area (Å²) in [5.41, 5.74) is 3.75. The summed E-state index contributed by atoms with van der Waals surface area (Å²) >= 11 is 0. The lowest BCUT2D eigenvalue weighted by Crippen LogP contribution is -2.21. The molecule has 0 saturated heterocycles. The monoisotopic (exact) mass is 232 g/mol. The van der Waals surface area contributed by atoms with Crippen molar-refractivity contribution in [3.05, 3.63) is 23.3 Å². The van der Waals surface area contributed by atoms with E-state index in [0.29, 0.717) is 5.92 Å². The summed E-state index contributed by atoms with van der Waals surface area (Å²) in [5, 5.41) is 0. The fourth-order valence-electron chi connectivity index (χ4n) is 1.98. The molecule has 2 heteroatoms. The Morgan fingerprint density at radius 1 is 1.00 bits per heavy atom. The topological polar surface area (TPSA) is 25.8 Å². The molecule has 17 heavy (non-hydrogen) atoms. The molecule has 0 bridgehead atoms. The highest BCUT2D eigenvalue weighted by atomic mass is 14.9. The number of rotatable bonds is 1. The van der Waals surface area contributed by atoms with Crippen LogP contribution in [0, 0.1) is 0 Å². The zero-order chi connectivity index (χ0) is 12.8. The Bertz CT molecular complexity index is 418. The van der Waals surface area contributed by atoms with E-state index in [9.17, 15) is 0 Å². The SMILES string of the molecule is CC(C)(C)c1cnc(C(C)(C)C)c(C2CC2)n1. The van der Waals surface area contributed by atoms with Gasteiger partial charge in [0.2, 0.25) is 0 Å².